The van der Waals surface area contributed by atoms with Gasteiger partial charge in [-0.05, 0) is 43.9 Å². The van der Waals surface area contributed by atoms with E-state index in [1.54, 1.807) is 6.07 Å². The van der Waals surface area contributed by atoms with Crippen LogP contribution in [0.3, 0.4) is 0 Å². The van der Waals surface area contributed by atoms with Gasteiger partial charge in [0.25, 0.3) is 0 Å². The molecule has 0 aromatic heterocycles. The Morgan fingerprint density at radius 2 is 2.00 bits per heavy atom. The van der Waals surface area contributed by atoms with Gasteiger partial charge in [0, 0.05) is 36.9 Å². The van der Waals surface area contributed by atoms with Gasteiger partial charge in [0.15, 0.2) is 0 Å². The van der Waals surface area contributed by atoms with E-state index in [-0.39, 0.29) is 18.0 Å². The first-order valence-corrected chi connectivity index (χ1v) is 8.31. The maximum Gasteiger partial charge on any atom is 0.322 e. The van der Waals surface area contributed by atoms with Crippen molar-refractivity contribution in [3.8, 4) is 0 Å². The quantitative estimate of drug-likeness (QED) is 0.780. The Bertz CT molecular complexity index is 547. The molecule has 0 saturated carbocycles. The lowest BCUT2D eigenvalue weighted by Gasteiger charge is -2.35. The number of likely N-dealkylation sites (tertiary alicyclic amines) is 1. The van der Waals surface area contributed by atoms with Crippen LogP contribution in [0.5, 0.6) is 0 Å². The van der Waals surface area contributed by atoms with Crippen molar-refractivity contribution < 1.29 is 9.59 Å². The summed E-state index contributed by atoms with van der Waals surface area (Å²) >= 11 is 0. The van der Waals surface area contributed by atoms with E-state index in [0.29, 0.717) is 24.3 Å². The average molecular weight is 318 g/mol. The van der Waals surface area contributed by atoms with Gasteiger partial charge in [-0.15, -0.1) is 0 Å². The summed E-state index contributed by atoms with van der Waals surface area (Å²) in [7, 11) is 0. The number of nitrogens with zero attached hydrogens (tertiary/aromatic N) is 1. The minimum atomic E-state index is -0.128. The number of hydrogen-bond donors (Lipinski definition) is 3. The smallest absolute Gasteiger partial charge is 0.322 e. The Kier molecular flexibility index (Phi) is 6.40. The first kappa shape index (κ1) is 17.3. The number of urea groups is 1. The van der Waals surface area contributed by atoms with Crippen molar-refractivity contribution in [3.63, 3.8) is 0 Å². The van der Waals surface area contributed by atoms with Crippen molar-refractivity contribution >= 4 is 23.3 Å². The van der Waals surface area contributed by atoms with Gasteiger partial charge < -0.3 is 21.3 Å². The lowest BCUT2D eigenvalue weighted by Crippen LogP contribution is -2.49. The van der Waals surface area contributed by atoms with E-state index in [2.05, 4.69) is 10.6 Å². The molecule has 0 aliphatic carbocycles. The van der Waals surface area contributed by atoms with Crippen LogP contribution in [0.4, 0.5) is 16.2 Å². The summed E-state index contributed by atoms with van der Waals surface area (Å²) in [6.45, 7) is 3.18. The molecule has 23 heavy (non-hydrogen) atoms. The maximum absolute atomic E-state index is 12.4. The van der Waals surface area contributed by atoms with Gasteiger partial charge in [0.05, 0.1) is 0 Å². The second kappa shape index (κ2) is 8.53. The highest BCUT2D eigenvalue weighted by Crippen LogP contribution is 2.20. The molecule has 1 aliphatic heterocycles. The zero-order valence-corrected chi connectivity index (χ0v) is 13.7. The van der Waals surface area contributed by atoms with Crippen molar-refractivity contribution in [2.45, 2.75) is 45.1 Å². The van der Waals surface area contributed by atoms with Crippen LogP contribution in [0.25, 0.3) is 0 Å². The van der Waals surface area contributed by atoms with Crippen LogP contribution >= 0.6 is 0 Å². The molecule has 6 heteroatoms. The van der Waals surface area contributed by atoms with Crippen LogP contribution in [0.1, 0.15) is 39.0 Å². The predicted octanol–water partition coefficient (Wildman–Crippen LogP) is 2.77. The molecule has 1 atom stereocenters. The summed E-state index contributed by atoms with van der Waals surface area (Å²) in [5.74, 6) is -0.0183. The maximum atomic E-state index is 12.4. The number of piperidine rings is 1. The normalized spacial score (nSPS) is 17.7. The number of rotatable bonds is 5. The SMILES string of the molecule is CCCC(=O)Nc1cccc(NC(=O)N2CCCCC2CN)c1. The fourth-order valence-electron chi connectivity index (χ4n) is 2.83. The third-order valence-corrected chi connectivity index (χ3v) is 4.03. The van der Waals surface area contributed by atoms with E-state index in [4.69, 9.17) is 5.73 Å². The molecule has 6 nitrogen and oxygen atoms in total. The molecule has 1 fully saturated rings. The van der Waals surface area contributed by atoms with Crippen LogP contribution in [-0.2, 0) is 4.79 Å². The van der Waals surface area contributed by atoms with E-state index in [1.165, 1.54) is 0 Å². The molecule has 1 heterocycles. The van der Waals surface area contributed by atoms with E-state index in [9.17, 15) is 9.59 Å². The summed E-state index contributed by atoms with van der Waals surface area (Å²) in [6.07, 6.45) is 4.37. The Hall–Kier alpha value is -2.08. The fourth-order valence-corrected chi connectivity index (χ4v) is 2.83. The van der Waals surface area contributed by atoms with E-state index < -0.39 is 0 Å². The summed E-state index contributed by atoms with van der Waals surface area (Å²) in [5, 5.41) is 5.73. The van der Waals surface area contributed by atoms with Crippen LogP contribution < -0.4 is 16.4 Å². The molecule has 1 saturated heterocycles. The largest absolute Gasteiger partial charge is 0.328 e. The van der Waals surface area contributed by atoms with Crippen molar-refractivity contribution in [1.29, 1.82) is 0 Å². The number of amides is 3. The summed E-state index contributed by atoms with van der Waals surface area (Å²) in [6, 6.07) is 7.19. The van der Waals surface area contributed by atoms with E-state index in [1.807, 2.05) is 30.0 Å². The molecule has 1 unspecified atom stereocenters. The third-order valence-electron chi connectivity index (χ3n) is 4.03. The minimum Gasteiger partial charge on any atom is -0.328 e. The Morgan fingerprint density at radius 1 is 1.26 bits per heavy atom. The van der Waals surface area contributed by atoms with Gasteiger partial charge >= 0.3 is 6.03 Å². The van der Waals surface area contributed by atoms with Gasteiger partial charge in [0.2, 0.25) is 5.91 Å². The lowest BCUT2D eigenvalue weighted by molar-refractivity contribution is -0.116. The molecule has 1 aromatic rings. The Balaban J connectivity index is 1.99. The van der Waals surface area contributed by atoms with Crippen molar-refractivity contribution in [3.05, 3.63) is 24.3 Å². The number of nitrogens with one attached hydrogen (secondary N) is 2. The molecule has 4 N–H and O–H groups in total. The van der Waals surface area contributed by atoms with Crippen LogP contribution in [0, 0.1) is 0 Å². The first-order valence-electron chi connectivity index (χ1n) is 8.31. The van der Waals surface area contributed by atoms with Gasteiger partial charge in [-0.25, -0.2) is 4.79 Å². The zero-order valence-electron chi connectivity index (χ0n) is 13.7. The first-order chi connectivity index (χ1) is 11.1. The number of carbonyl (C=O) groups is 2. The molecule has 3 amide bonds. The van der Waals surface area contributed by atoms with Crippen molar-refractivity contribution in [2.75, 3.05) is 23.7 Å². The van der Waals surface area contributed by atoms with Crippen molar-refractivity contribution in [2.24, 2.45) is 5.73 Å². The summed E-state index contributed by atoms with van der Waals surface area (Å²) in [5.41, 5.74) is 7.13. The highest BCUT2D eigenvalue weighted by Gasteiger charge is 2.25. The molecule has 0 radical (unpaired) electrons. The zero-order chi connectivity index (χ0) is 16.7. The van der Waals surface area contributed by atoms with E-state index in [0.717, 1.165) is 32.2 Å². The number of anilines is 2. The van der Waals surface area contributed by atoms with Crippen LogP contribution in [0.2, 0.25) is 0 Å². The minimum absolute atomic E-state index is 0.0183. The Labute approximate surface area is 137 Å². The molecule has 0 spiro atoms. The van der Waals surface area contributed by atoms with Crippen molar-refractivity contribution in [1.82, 2.24) is 4.90 Å². The molecule has 2 rings (SSSR count). The molecule has 1 aromatic carbocycles. The highest BCUT2D eigenvalue weighted by atomic mass is 16.2. The lowest BCUT2D eigenvalue weighted by atomic mass is 10.0. The molecule has 1 aliphatic rings. The number of carbonyl (C=O) groups excluding carboxylic acids is 2. The second-order valence-electron chi connectivity index (χ2n) is 5.89. The molecular formula is C17H26N4O2. The second-order valence-corrected chi connectivity index (χ2v) is 5.89. The highest BCUT2D eigenvalue weighted by molar-refractivity contribution is 5.93. The molecule has 126 valence electrons. The van der Waals surface area contributed by atoms with Gasteiger partial charge in [-0.2, -0.15) is 0 Å². The number of nitrogens with two attached hydrogens (primary N) is 1. The summed E-state index contributed by atoms with van der Waals surface area (Å²) < 4.78 is 0. The third kappa shape index (κ3) is 4.96. The van der Waals surface area contributed by atoms with Crippen LogP contribution in [-0.4, -0.2) is 36.0 Å². The summed E-state index contributed by atoms with van der Waals surface area (Å²) in [4.78, 5) is 25.9. The standard InChI is InChI=1S/C17H26N4O2/c1-2-6-16(22)19-13-7-5-8-14(11-13)20-17(23)21-10-4-3-9-15(21)12-18/h5,7-8,11,15H,2-4,6,9-10,12,18H2,1H3,(H,19,22)(H,20,23). The topological polar surface area (TPSA) is 87.5 Å². The molecular weight excluding hydrogens is 292 g/mol. The Morgan fingerprint density at radius 3 is 2.70 bits per heavy atom. The predicted molar refractivity (Wildman–Crippen MR) is 92.4 cm³/mol. The van der Waals surface area contributed by atoms with Gasteiger partial charge in [0.1, 0.15) is 0 Å². The van der Waals surface area contributed by atoms with Crippen LogP contribution in [0.15, 0.2) is 24.3 Å². The average Bonchev–Trinajstić information content (AvgIpc) is 2.55. The monoisotopic (exact) mass is 318 g/mol. The van der Waals surface area contributed by atoms with E-state index >= 15 is 0 Å². The molecule has 0 bridgehead atoms. The van der Waals surface area contributed by atoms with Gasteiger partial charge in [-0.1, -0.05) is 13.0 Å². The fraction of sp³-hybridized carbons (Fsp3) is 0.529. The number of benzene rings is 1. The van der Waals surface area contributed by atoms with Gasteiger partial charge in [-0.3, -0.25) is 4.79 Å². The number of hydrogen-bond acceptors (Lipinski definition) is 3.